The van der Waals surface area contributed by atoms with Crippen LogP contribution in [-0.2, 0) is 18.4 Å². The topological polar surface area (TPSA) is 75.3 Å². The summed E-state index contributed by atoms with van der Waals surface area (Å²) >= 11 is 1.67. The van der Waals surface area contributed by atoms with Crippen LogP contribution in [0.25, 0.3) is 10.6 Å². The molecule has 6 nitrogen and oxygen atoms in total. The van der Waals surface area contributed by atoms with Gasteiger partial charge in [-0.25, -0.2) is 9.97 Å². The van der Waals surface area contributed by atoms with E-state index in [1.54, 1.807) is 24.6 Å². The second-order valence-electron chi connectivity index (χ2n) is 7.48. The Balaban J connectivity index is 1.46. The number of benzene rings is 1. The largest absolute Gasteiger partial charge is 0.443 e. The Kier molecular flexibility index (Phi) is 6.46. The quantitative estimate of drug-likeness (QED) is 0.486. The monoisotopic (exact) mass is 397 g/mol. The molecule has 0 spiro atoms. The summed E-state index contributed by atoms with van der Waals surface area (Å²) < 4.78 is 5.80. The maximum atomic E-state index is 5.80. The maximum absolute atomic E-state index is 5.80. The van der Waals surface area contributed by atoms with E-state index in [1.807, 2.05) is 18.2 Å². The molecule has 0 bridgehead atoms. The number of nitrogens with zero attached hydrogens (tertiary/aromatic N) is 3. The van der Waals surface area contributed by atoms with E-state index in [2.05, 4.69) is 58.9 Å². The Morgan fingerprint density at radius 1 is 1.18 bits per heavy atom. The molecule has 0 fully saturated rings. The molecule has 148 valence electrons. The van der Waals surface area contributed by atoms with Crippen molar-refractivity contribution >= 4 is 17.3 Å². The number of oxazole rings is 1. The maximum Gasteiger partial charge on any atom is 0.213 e. The van der Waals surface area contributed by atoms with Crippen LogP contribution in [0.2, 0.25) is 0 Å². The number of hydrogen-bond acceptors (Lipinski definition) is 5. The molecule has 0 amide bonds. The first-order chi connectivity index (χ1) is 13.5. The van der Waals surface area contributed by atoms with Crippen LogP contribution in [0.1, 0.15) is 38.1 Å². The zero-order valence-electron chi connectivity index (χ0n) is 16.8. The lowest BCUT2D eigenvalue weighted by atomic mass is 9.94. The molecule has 3 rings (SSSR count). The molecule has 0 unspecified atom stereocenters. The third-order valence-corrected chi connectivity index (χ3v) is 5.11. The smallest absolute Gasteiger partial charge is 0.213 e. The molecular formula is C21H27N5OS. The SMILES string of the molecule is CN=C(NCCc1csc(-c2ccccc2)n1)NCc1ncc(C(C)(C)C)o1. The third-order valence-electron chi connectivity index (χ3n) is 4.17. The lowest BCUT2D eigenvalue weighted by Gasteiger charge is -2.13. The second-order valence-corrected chi connectivity index (χ2v) is 8.34. The molecule has 0 aliphatic heterocycles. The molecule has 2 N–H and O–H groups in total. The molecule has 0 atom stereocenters. The van der Waals surface area contributed by atoms with Crippen LogP contribution in [0.3, 0.4) is 0 Å². The Labute approximate surface area is 170 Å². The average Bonchev–Trinajstić information content (AvgIpc) is 3.34. The van der Waals surface area contributed by atoms with Crippen molar-refractivity contribution in [3.05, 3.63) is 59.3 Å². The number of nitrogens with one attached hydrogen (secondary N) is 2. The molecule has 0 saturated carbocycles. The molecule has 0 saturated heterocycles. The van der Waals surface area contributed by atoms with Gasteiger partial charge in [-0.1, -0.05) is 51.1 Å². The number of aromatic nitrogens is 2. The summed E-state index contributed by atoms with van der Waals surface area (Å²) in [5.41, 5.74) is 2.19. The number of aliphatic imine (C=N–C) groups is 1. The van der Waals surface area contributed by atoms with Gasteiger partial charge in [0.15, 0.2) is 5.96 Å². The van der Waals surface area contributed by atoms with E-state index in [0.29, 0.717) is 18.4 Å². The van der Waals surface area contributed by atoms with Crippen molar-refractivity contribution in [3.8, 4) is 10.6 Å². The van der Waals surface area contributed by atoms with Gasteiger partial charge in [0.25, 0.3) is 0 Å². The number of guanidine groups is 1. The first-order valence-corrected chi connectivity index (χ1v) is 10.2. The van der Waals surface area contributed by atoms with Crippen LogP contribution in [0.4, 0.5) is 0 Å². The van der Waals surface area contributed by atoms with E-state index in [-0.39, 0.29) is 5.41 Å². The molecule has 3 aromatic rings. The molecule has 28 heavy (non-hydrogen) atoms. The number of thiazole rings is 1. The average molecular weight is 398 g/mol. The zero-order valence-corrected chi connectivity index (χ0v) is 17.6. The van der Waals surface area contributed by atoms with Crippen molar-refractivity contribution in [2.24, 2.45) is 4.99 Å². The Hall–Kier alpha value is -2.67. The summed E-state index contributed by atoms with van der Waals surface area (Å²) in [4.78, 5) is 13.3. The first-order valence-electron chi connectivity index (χ1n) is 9.35. The van der Waals surface area contributed by atoms with Crippen molar-refractivity contribution in [1.82, 2.24) is 20.6 Å². The van der Waals surface area contributed by atoms with Gasteiger partial charge in [-0.05, 0) is 0 Å². The van der Waals surface area contributed by atoms with Gasteiger partial charge < -0.3 is 15.1 Å². The molecule has 0 radical (unpaired) electrons. The normalized spacial score (nSPS) is 12.2. The van der Waals surface area contributed by atoms with Gasteiger partial charge in [-0.3, -0.25) is 4.99 Å². The minimum Gasteiger partial charge on any atom is -0.443 e. The van der Waals surface area contributed by atoms with E-state index in [1.165, 1.54) is 0 Å². The van der Waals surface area contributed by atoms with Gasteiger partial charge >= 0.3 is 0 Å². The summed E-state index contributed by atoms with van der Waals surface area (Å²) in [6, 6.07) is 10.3. The summed E-state index contributed by atoms with van der Waals surface area (Å²) in [5, 5.41) is 9.71. The fourth-order valence-corrected chi connectivity index (χ4v) is 3.42. The van der Waals surface area contributed by atoms with Gasteiger partial charge in [0.2, 0.25) is 5.89 Å². The van der Waals surface area contributed by atoms with Gasteiger partial charge in [-0.15, -0.1) is 11.3 Å². The third kappa shape index (κ3) is 5.42. The van der Waals surface area contributed by atoms with E-state index in [0.717, 1.165) is 35.0 Å². The van der Waals surface area contributed by atoms with E-state index < -0.39 is 0 Å². The fourth-order valence-electron chi connectivity index (χ4n) is 2.56. The fraction of sp³-hybridized carbons (Fsp3) is 0.381. The lowest BCUT2D eigenvalue weighted by Crippen LogP contribution is -2.37. The van der Waals surface area contributed by atoms with E-state index in [9.17, 15) is 0 Å². The highest BCUT2D eigenvalue weighted by atomic mass is 32.1. The van der Waals surface area contributed by atoms with Gasteiger partial charge in [0.1, 0.15) is 10.8 Å². The van der Waals surface area contributed by atoms with Crippen LogP contribution in [0.15, 0.2) is 51.3 Å². The minimum atomic E-state index is -0.0443. The Morgan fingerprint density at radius 2 is 1.96 bits per heavy atom. The van der Waals surface area contributed by atoms with Crippen molar-refractivity contribution in [2.75, 3.05) is 13.6 Å². The zero-order chi connectivity index (χ0) is 20.0. The standard InChI is InChI=1S/C21H27N5OS/c1-21(2,3)17-12-24-18(27-17)13-25-20(22-4)23-11-10-16-14-28-19(26-16)15-8-6-5-7-9-15/h5-9,12,14H,10-11,13H2,1-4H3,(H2,22,23,25). The predicted molar refractivity (Wildman–Crippen MR) is 115 cm³/mol. The van der Waals surface area contributed by atoms with E-state index in [4.69, 9.17) is 9.40 Å². The van der Waals surface area contributed by atoms with Crippen LogP contribution >= 0.6 is 11.3 Å². The number of rotatable bonds is 6. The summed E-state index contributed by atoms with van der Waals surface area (Å²) in [6.07, 6.45) is 2.62. The van der Waals surface area contributed by atoms with E-state index >= 15 is 0 Å². The molecule has 2 aromatic heterocycles. The Morgan fingerprint density at radius 3 is 2.64 bits per heavy atom. The van der Waals surface area contributed by atoms with Crippen molar-refractivity contribution in [3.63, 3.8) is 0 Å². The van der Waals surface area contributed by atoms with Crippen LogP contribution in [0, 0.1) is 0 Å². The second kappa shape index (κ2) is 9.01. The van der Waals surface area contributed by atoms with Crippen molar-refractivity contribution in [2.45, 2.75) is 39.2 Å². The van der Waals surface area contributed by atoms with Crippen LogP contribution in [0.5, 0.6) is 0 Å². The highest BCUT2D eigenvalue weighted by Gasteiger charge is 2.19. The highest BCUT2D eigenvalue weighted by molar-refractivity contribution is 7.13. The first kappa shape index (κ1) is 20.1. The minimum absolute atomic E-state index is 0.0443. The summed E-state index contributed by atoms with van der Waals surface area (Å²) in [7, 11) is 1.75. The lowest BCUT2D eigenvalue weighted by molar-refractivity contribution is 0.379. The molecule has 2 heterocycles. The van der Waals surface area contributed by atoms with Gasteiger partial charge in [-0.2, -0.15) is 0 Å². The highest BCUT2D eigenvalue weighted by Crippen LogP contribution is 2.23. The summed E-state index contributed by atoms with van der Waals surface area (Å²) in [6.45, 7) is 7.55. The van der Waals surface area contributed by atoms with Gasteiger partial charge in [0.05, 0.1) is 18.4 Å². The molecular weight excluding hydrogens is 370 g/mol. The van der Waals surface area contributed by atoms with Crippen molar-refractivity contribution in [1.29, 1.82) is 0 Å². The molecule has 0 aliphatic carbocycles. The van der Waals surface area contributed by atoms with Crippen LogP contribution in [-0.4, -0.2) is 29.5 Å². The van der Waals surface area contributed by atoms with Gasteiger partial charge in [0, 0.05) is 36.4 Å². The predicted octanol–water partition coefficient (Wildman–Crippen LogP) is 4.00. The Bertz CT molecular complexity index is 908. The summed E-state index contributed by atoms with van der Waals surface area (Å²) in [5.74, 6) is 2.25. The molecule has 7 heteroatoms. The molecule has 1 aromatic carbocycles. The van der Waals surface area contributed by atoms with Crippen LogP contribution < -0.4 is 10.6 Å². The van der Waals surface area contributed by atoms with Crippen molar-refractivity contribution < 1.29 is 4.42 Å². The number of hydrogen-bond donors (Lipinski definition) is 2. The molecule has 0 aliphatic rings.